The van der Waals surface area contributed by atoms with E-state index in [0.29, 0.717) is 18.7 Å². The lowest BCUT2D eigenvalue weighted by Gasteiger charge is -2.37. The topological polar surface area (TPSA) is 78.9 Å². The van der Waals surface area contributed by atoms with Gasteiger partial charge in [-0.1, -0.05) is 12.1 Å². The molecule has 2 unspecified atom stereocenters. The van der Waals surface area contributed by atoms with Crippen LogP contribution in [0.4, 0.5) is 5.69 Å². The van der Waals surface area contributed by atoms with E-state index in [1.807, 2.05) is 6.92 Å². The monoisotopic (exact) mass is 318 g/mol. The number of aliphatic hydroxyl groups excluding tert-OH is 1. The van der Waals surface area contributed by atoms with Gasteiger partial charge in [-0.3, -0.25) is 9.59 Å². The van der Waals surface area contributed by atoms with Gasteiger partial charge in [0.15, 0.2) is 0 Å². The molecule has 2 aliphatic rings. The number of hydrogen-bond acceptors (Lipinski definition) is 4. The molecule has 0 radical (unpaired) electrons. The molecule has 23 heavy (non-hydrogen) atoms. The Morgan fingerprint density at radius 1 is 1.39 bits per heavy atom. The van der Waals surface area contributed by atoms with E-state index in [1.165, 1.54) is 0 Å². The zero-order valence-electron chi connectivity index (χ0n) is 13.2. The van der Waals surface area contributed by atoms with Crippen LogP contribution in [-0.2, 0) is 14.3 Å². The summed E-state index contributed by atoms with van der Waals surface area (Å²) in [5.41, 5.74) is 1.43. The van der Waals surface area contributed by atoms with Crippen molar-refractivity contribution in [2.75, 3.05) is 25.1 Å². The molecule has 2 amide bonds. The Hall–Kier alpha value is -1.92. The fourth-order valence-corrected chi connectivity index (χ4v) is 2.87. The number of aliphatic hydroxyl groups is 1. The summed E-state index contributed by atoms with van der Waals surface area (Å²) < 4.78 is 5.27. The predicted octanol–water partition coefficient (Wildman–Crippen LogP) is 1.32. The Labute approximate surface area is 135 Å². The molecule has 2 fully saturated rings. The van der Waals surface area contributed by atoms with E-state index in [-0.39, 0.29) is 30.4 Å². The van der Waals surface area contributed by atoms with Crippen LogP contribution in [0.2, 0.25) is 0 Å². The first-order valence-corrected chi connectivity index (χ1v) is 8.06. The Bertz CT molecular complexity index is 583. The number of morpholine rings is 1. The number of rotatable bonds is 5. The first-order chi connectivity index (χ1) is 11.1. The highest BCUT2D eigenvalue weighted by molar-refractivity contribution is 5.94. The molecule has 124 valence electrons. The summed E-state index contributed by atoms with van der Waals surface area (Å²) in [4.78, 5) is 25.2. The number of amides is 2. The van der Waals surface area contributed by atoms with Gasteiger partial charge in [0.05, 0.1) is 12.6 Å². The molecular weight excluding hydrogens is 296 g/mol. The van der Waals surface area contributed by atoms with Gasteiger partial charge in [-0.15, -0.1) is 0 Å². The van der Waals surface area contributed by atoms with Gasteiger partial charge in [-0.2, -0.15) is 0 Å². The molecule has 0 aromatic heterocycles. The molecule has 2 N–H and O–H groups in total. The average molecular weight is 318 g/mol. The summed E-state index contributed by atoms with van der Waals surface area (Å²) in [6.45, 7) is 2.82. The molecule has 1 saturated heterocycles. The smallest absolute Gasteiger partial charge is 0.248 e. The van der Waals surface area contributed by atoms with Gasteiger partial charge in [0.2, 0.25) is 11.8 Å². The maximum absolute atomic E-state index is 11.9. The molecule has 3 rings (SSSR count). The molecule has 0 bridgehead atoms. The molecule has 6 nitrogen and oxygen atoms in total. The predicted molar refractivity (Wildman–Crippen MR) is 84.7 cm³/mol. The Balaban J connectivity index is 1.67. The maximum atomic E-state index is 11.9. The number of likely N-dealkylation sites (N-methyl/N-ethyl adjacent to an activating group) is 1. The Morgan fingerprint density at radius 3 is 2.70 bits per heavy atom. The second-order valence-electron chi connectivity index (χ2n) is 6.09. The van der Waals surface area contributed by atoms with Crippen LogP contribution < -0.4 is 5.32 Å². The Kier molecular flexibility index (Phi) is 4.63. The van der Waals surface area contributed by atoms with Crippen molar-refractivity contribution in [2.24, 2.45) is 5.92 Å². The molecular formula is C17H22N2O4. The van der Waals surface area contributed by atoms with Gasteiger partial charge in [0.1, 0.15) is 12.7 Å². The van der Waals surface area contributed by atoms with Crippen LogP contribution in [0, 0.1) is 5.92 Å². The van der Waals surface area contributed by atoms with Gasteiger partial charge in [-0.05, 0) is 37.5 Å². The van der Waals surface area contributed by atoms with E-state index in [1.54, 1.807) is 29.2 Å². The van der Waals surface area contributed by atoms with E-state index < -0.39 is 6.10 Å². The summed E-state index contributed by atoms with van der Waals surface area (Å²) in [6.07, 6.45) is 1.11. The number of nitrogens with one attached hydrogen (secondary N) is 1. The highest BCUT2D eigenvalue weighted by Crippen LogP contribution is 2.30. The third kappa shape index (κ3) is 3.54. The lowest BCUT2D eigenvalue weighted by Crippen LogP contribution is -2.51. The summed E-state index contributed by atoms with van der Waals surface area (Å²) in [7, 11) is 0. The molecule has 1 heterocycles. The normalized spacial score (nSPS) is 22.8. The molecule has 1 aromatic carbocycles. The van der Waals surface area contributed by atoms with Crippen LogP contribution >= 0.6 is 0 Å². The van der Waals surface area contributed by atoms with E-state index in [2.05, 4.69) is 5.32 Å². The summed E-state index contributed by atoms with van der Waals surface area (Å²) >= 11 is 0. The van der Waals surface area contributed by atoms with Crippen molar-refractivity contribution in [1.29, 1.82) is 0 Å². The minimum absolute atomic E-state index is 0.0572. The molecule has 1 aliphatic carbocycles. The molecule has 0 spiro atoms. The lowest BCUT2D eigenvalue weighted by molar-refractivity contribution is -0.153. The minimum Gasteiger partial charge on any atom is -0.386 e. The highest BCUT2D eigenvalue weighted by Gasteiger charge is 2.33. The van der Waals surface area contributed by atoms with Gasteiger partial charge in [0.25, 0.3) is 0 Å². The van der Waals surface area contributed by atoms with Crippen LogP contribution in [0.1, 0.15) is 31.4 Å². The third-order valence-electron chi connectivity index (χ3n) is 4.41. The van der Waals surface area contributed by atoms with Crippen LogP contribution in [0.15, 0.2) is 24.3 Å². The average Bonchev–Trinajstić information content (AvgIpc) is 3.39. The van der Waals surface area contributed by atoms with Crippen LogP contribution in [0.25, 0.3) is 0 Å². The fraction of sp³-hybridized carbons (Fsp3) is 0.529. The molecule has 1 aromatic rings. The van der Waals surface area contributed by atoms with Crippen LogP contribution in [0.3, 0.4) is 0 Å². The van der Waals surface area contributed by atoms with Crippen molar-refractivity contribution in [3.8, 4) is 0 Å². The molecule has 1 saturated carbocycles. The standard InChI is InChI=1S/C17H22N2O4/c1-2-19-14(9-23-10-15(19)20)16(21)11-5-7-13(8-6-11)18-17(22)12-3-4-12/h5-8,12,14,16,21H,2-4,9-10H2,1H3,(H,18,22). The zero-order valence-corrected chi connectivity index (χ0v) is 13.2. The van der Waals surface area contributed by atoms with Crippen molar-refractivity contribution in [3.05, 3.63) is 29.8 Å². The fourth-order valence-electron chi connectivity index (χ4n) is 2.87. The second kappa shape index (κ2) is 6.68. The number of anilines is 1. The van der Waals surface area contributed by atoms with Gasteiger partial charge >= 0.3 is 0 Å². The summed E-state index contributed by atoms with van der Waals surface area (Å²) in [5.74, 6) is 0.113. The first-order valence-electron chi connectivity index (χ1n) is 8.06. The second-order valence-corrected chi connectivity index (χ2v) is 6.09. The Morgan fingerprint density at radius 2 is 2.09 bits per heavy atom. The summed E-state index contributed by atoms with van der Waals surface area (Å²) in [6, 6.07) is 6.73. The number of carbonyl (C=O) groups excluding carboxylic acids is 2. The molecule has 1 aliphatic heterocycles. The largest absolute Gasteiger partial charge is 0.386 e. The van der Waals surface area contributed by atoms with E-state index >= 15 is 0 Å². The number of carbonyl (C=O) groups is 2. The van der Waals surface area contributed by atoms with Crippen LogP contribution in [-0.4, -0.2) is 47.6 Å². The first kappa shape index (κ1) is 16.0. The van der Waals surface area contributed by atoms with Crippen molar-refractivity contribution in [3.63, 3.8) is 0 Å². The third-order valence-corrected chi connectivity index (χ3v) is 4.41. The number of benzene rings is 1. The van der Waals surface area contributed by atoms with E-state index in [0.717, 1.165) is 18.5 Å². The van der Waals surface area contributed by atoms with Gasteiger partial charge in [-0.25, -0.2) is 0 Å². The quantitative estimate of drug-likeness (QED) is 0.858. The summed E-state index contributed by atoms with van der Waals surface area (Å²) in [5, 5.41) is 13.4. The van der Waals surface area contributed by atoms with Crippen molar-refractivity contribution >= 4 is 17.5 Å². The highest BCUT2D eigenvalue weighted by atomic mass is 16.5. The molecule has 2 atom stereocenters. The molecule has 6 heteroatoms. The van der Waals surface area contributed by atoms with E-state index in [4.69, 9.17) is 4.74 Å². The number of nitrogens with zero attached hydrogens (tertiary/aromatic N) is 1. The van der Waals surface area contributed by atoms with Crippen molar-refractivity contribution < 1.29 is 19.4 Å². The number of ether oxygens (including phenoxy) is 1. The number of hydrogen-bond donors (Lipinski definition) is 2. The van der Waals surface area contributed by atoms with Crippen molar-refractivity contribution in [2.45, 2.75) is 31.9 Å². The van der Waals surface area contributed by atoms with Crippen LogP contribution in [0.5, 0.6) is 0 Å². The maximum Gasteiger partial charge on any atom is 0.248 e. The zero-order chi connectivity index (χ0) is 16.4. The van der Waals surface area contributed by atoms with Crippen molar-refractivity contribution in [1.82, 2.24) is 4.90 Å². The minimum atomic E-state index is -0.813. The lowest BCUT2D eigenvalue weighted by atomic mass is 10.00. The van der Waals surface area contributed by atoms with Gasteiger partial charge in [0, 0.05) is 18.2 Å². The van der Waals surface area contributed by atoms with E-state index in [9.17, 15) is 14.7 Å². The van der Waals surface area contributed by atoms with Gasteiger partial charge < -0.3 is 20.1 Å². The SMILES string of the molecule is CCN1C(=O)COCC1C(O)c1ccc(NC(=O)C2CC2)cc1.